The molecule has 0 saturated heterocycles. The van der Waals surface area contributed by atoms with Crippen LogP contribution in [0.1, 0.15) is 46.4 Å². The van der Waals surface area contributed by atoms with Crippen molar-refractivity contribution in [3.8, 4) is 5.75 Å². The molecule has 0 amide bonds. The van der Waals surface area contributed by atoms with Gasteiger partial charge in [-0.3, -0.25) is 9.48 Å². The van der Waals surface area contributed by atoms with Gasteiger partial charge in [0.05, 0.1) is 17.8 Å². The van der Waals surface area contributed by atoms with Gasteiger partial charge < -0.3 is 4.74 Å². The van der Waals surface area contributed by atoms with Gasteiger partial charge in [0, 0.05) is 23.6 Å². The first-order valence-corrected chi connectivity index (χ1v) is 11.5. The van der Waals surface area contributed by atoms with Crippen molar-refractivity contribution in [2.45, 2.75) is 37.7 Å². The van der Waals surface area contributed by atoms with Crippen LogP contribution in [0.15, 0.2) is 46.2 Å². The number of nitrogens with zero attached hydrogens (tertiary/aromatic N) is 4. The maximum absolute atomic E-state index is 13.0. The summed E-state index contributed by atoms with van der Waals surface area (Å²) in [6.45, 7) is 4.15. The molecule has 2 aromatic heterocycles. The lowest BCUT2D eigenvalue weighted by atomic mass is 10.1. The van der Waals surface area contributed by atoms with E-state index in [1.165, 1.54) is 23.9 Å². The minimum Gasteiger partial charge on any atom is -0.496 e. The summed E-state index contributed by atoms with van der Waals surface area (Å²) in [6.07, 6.45) is 2.15. The van der Waals surface area contributed by atoms with E-state index in [0.717, 1.165) is 11.1 Å². The molecule has 0 aliphatic heterocycles. The number of allylic oxidation sites excluding steroid dienone is 1. The Kier molecular flexibility index (Phi) is 8.14. The van der Waals surface area contributed by atoms with Gasteiger partial charge in [-0.05, 0) is 59.6 Å². The Bertz CT molecular complexity index is 1150. The molecule has 0 saturated carbocycles. The molecule has 0 unspecified atom stereocenters. The van der Waals surface area contributed by atoms with Gasteiger partial charge in [-0.1, -0.05) is 23.9 Å². The summed E-state index contributed by atoms with van der Waals surface area (Å²) in [6, 6.07) is 6.79. The summed E-state index contributed by atoms with van der Waals surface area (Å²) in [5, 5.41) is 4.43. The maximum Gasteiger partial charge on any atom is 0.280 e. The van der Waals surface area contributed by atoms with E-state index in [4.69, 9.17) is 4.74 Å². The molecule has 0 aliphatic rings. The number of aryl methyl sites for hydroxylation is 2. The minimum absolute atomic E-state index is 0.171. The molecular formula is C22H21BrF2N4O2S. The van der Waals surface area contributed by atoms with Crippen molar-refractivity contribution in [1.29, 1.82) is 0 Å². The lowest BCUT2D eigenvalue weighted by molar-refractivity contribution is 0.103. The maximum atomic E-state index is 13.0. The van der Waals surface area contributed by atoms with Crippen molar-refractivity contribution in [2.24, 2.45) is 0 Å². The number of alkyl halides is 2. The molecule has 3 rings (SSSR count). The second-order valence-electron chi connectivity index (χ2n) is 6.73. The number of ketones is 1. The fourth-order valence-electron chi connectivity index (χ4n) is 3.00. The summed E-state index contributed by atoms with van der Waals surface area (Å²) in [7, 11) is 1.56. The van der Waals surface area contributed by atoms with Crippen LogP contribution in [0.2, 0.25) is 0 Å². The molecule has 0 fully saturated rings. The van der Waals surface area contributed by atoms with E-state index in [1.54, 1.807) is 37.1 Å². The first-order chi connectivity index (χ1) is 15.3. The van der Waals surface area contributed by atoms with Gasteiger partial charge in [-0.2, -0.15) is 5.10 Å². The third-order valence-corrected chi connectivity index (χ3v) is 5.97. The number of hydrogen-bond donors (Lipinski definition) is 0. The highest BCUT2D eigenvalue weighted by Gasteiger charge is 2.15. The number of carbonyl (C=O) groups excluding carboxylic acids is 1. The summed E-state index contributed by atoms with van der Waals surface area (Å²) in [5.41, 5.74) is 2.30. The zero-order valence-electron chi connectivity index (χ0n) is 17.7. The molecule has 0 spiro atoms. The quantitative estimate of drug-likeness (QED) is 0.151. The predicted molar refractivity (Wildman–Crippen MR) is 123 cm³/mol. The van der Waals surface area contributed by atoms with Crippen LogP contribution in [-0.2, 0) is 12.3 Å². The number of halogens is 3. The SMILES string of the molecule is CCn1ncc(Br)c1C(=O)/C=C/c1ccc(OC)c(CSc2nc(C)cc(C(F)F)n2)c1. The van der Waals surface area contributed by atoms with Gasteiger partial charge in [-0.15, -0.1) is 0 Å². The van der Waals surface area contributed by atoms with Crippen LogP contribution >= 0.6 is 27.7 Å². The summed E-state index contributed by atoms with van der Waals surface area (Å²) in [5.74, 6) is 0.893. The summed E-state index contributed by atoms with van der Waals surface area (Å²) in [4.78, 5) is 20.8. The van der Waals surface area contributed by atoms with Crippen LogP contribution in [0.3, 0.4) is 0 Å². The Labute approximate surface area is 197 Å². The first kappa shape index (κ1) is 24.1. The molecule has 0 radical (unpaired) electrons. The van der Waals surface area contributed by atoms with E-state index >= 15 is 0 Å². The van der Waals surface area contributed by atoms with Crippen molar-refractivity contribution in [3.05, 3.63) is 69.2 Å². The van der Waals surface area contributed by atoms with Gasteiger partial charge in [0.15, 0.2) is 5.16 Å². The Morgan fingerprint density at radius 1 is 1.31 bits per heavy atom. The Balaban J connectivity index is 1.79. The molecule has 168 valence electrons. The van der Waals surface area contributed by atoms with E-state index in [2.05, 4.69) is 31.0 Å². The van der Waals surface area contributed by atoms with Crippen molar-refractivity contribution in [2.75, 3.05) is 7.11 Å². The Morgan fingerprint density at radius 3 is 2.78 bits per heavy atom. The number of ether oxygens (including phenoxy) is 1. The largest absolute Gasteiger partial charge is 0.496 e. The van der Waals surface area contributed by atoms with Crippen molar-refractivity contribution in [3.63, 3.8) is 0 Å². The zero-order chi connectivity index (χ0) is 23.3. The molecule has 10 heteroatoms. The molecule has 6 nitrogen and oxygen atoms in total. The van der Waals surface area contributed by atoms with Gasteiger partial charge in [0.25, 0.3) is 6.43 Å². The van der Waals surface area contributed by atoms with Crippen molar-refractivity contribution >= 4 is 39.6 Å². The average Bonchev–Trinajstić information content (AvgIpc) is 3.16. The van der Waals surface area contributed by atoms with Crippen LogP contribution in [0, 0.1) is 6.92 Å². The van der Waals surface area contributed by atoms with Crippen molar-refractivity contribution < 1.29 is 18.3 Å². The van der Waals surface area contributed by atoms with Crippen LogP contribution < -0.4 is 4.74 Å². The minimum atomic E-state index is -2.65. The predicted octanol–water partition coefficient (Wildman–Crippen LogP) is 5.90. The number of hydrogen-bond acceptors (Lipinski definition) is 6. The Morgan fingerprint density at radius 2 is 2.09 bits per heavy atom. The van der Waals surface area contributed by atoms with Crippen LogP contribution in [0.5, 0.6) is 5.75 Å². The topological polar surface area (TPSA) is 69.9 Å². The zero-order valence-corrected chi connectivity index (χ0v) is 20.1. The van der Waals surface area contributed by atoms with E-state index in [-0.39, 0.29) is 16.6 Å². The first-order valence-electron chi connectivity index (χ1n) is 9.69. The molecular weight excluding hydrogens is 502 g/mol. The Hall–Kier alpha value is -2.59. The third-order valence-electron chi connectivity index (χ3n) is 4.49. The van der Waals surface area contributed by atoms with Gasteiger partial charge in [0.2, 0.25) is 5.78 Å². The summed E-state index contributed by atoms with van der Waals surface area (Å²) < 4.78 is 33.7. The number of thioether (sulfide) groups is 1. The number of benzene rings is 1. The lowest BCUT2D eigenvalue weighted by Crippen LogP contribution is -2.07. The lowest BCUT2D eigenvalue weighted by Gasteiger charge is -2.10. The second kappa shape index (κ2) is 10.8. The highest BCUT2D eigenvalue weighted by molar-refractivity contribution is 9.10. The molecule has 0 atom stereocenters. The fraction of sp³-hybridized carbons (Fsp3) is 0.273. The monoisotopic (exact) mass is 522 g/mol. The number of rotatable bonds is 9. The van der Waals surface area contributed by atoms with E-state index in [0.29, 0.717) is 33.9 Å². The standard InChI is InChI=1S/C22H21BrF2N4O2S/c1-4-29-20(16(23)11-26-29)18(30)7-5-14-6-8-19(31-3)15(10-14)12-32-22-27-13(2)9-17(28-22)21(24)25/h5-11,21H,4,12H2,1-3H3/b7-5+. The summed E-state index contributed by atoms with van der Waals surface area (Å²) >= 11 is 4.60. The van der Waals surface area contributed by atoms with Crippen LogP contribution in [0.4, 0.5) is 8.78 Å². The molecule has 2 heterocycles. The van der Waals surface area contributed by atoms with Crippen molar-refractivity contribution in [1.82, 2.24) is 19.7 Å². The van der Waals surface area contributed by atoms with E-state index < -0.39 is 6.43 Å². The molecule has 0 bridgehead atoms. The second-order valence-corrected chi connectivity index (χ2v) is 8.53. The average molecular weight is 523 g/mol. The third kappa shape index (κ3) is 5.80. The molecule has 0 N–H and O–H groups in total. The molecule has 1 aromatic carbocycles. The van der Waals surface area contributed by atoms with Gasteiger partial charge >= 0.3 is 0 Å². The van der Waals surface area contributed by atoms with Crippen LogP contribution in [0.25, 0.3) is 6.08 Å². The molecule has 3 aromatic rings. The smallest absolute Gasteiger partial charge is 0.280 e. The fourth-order valence-corrected chi connectivity index (χ4v) is 4.38. The normalized spacial score (nSPS) is 11.5. The number of methoxy groups -OCH3 is 1. The van der Waals surface area contributed by atoms with Gasteiger partial charge in [-0.25, -0.2) is 18.7 Å². The molecule has 32 heavy (non-hydrogen) atoms. The van der Waals surface area contributed by atoms with Gasteiger partial charge in [0.1, 0.15) is 17.1 Å². The molecule has 0 aliphatic carbocycles. The van der Waals surface area contributed by atoms with Crippen LogP contribution in [-0.4, -0.2) is 32.6 Å². The number of carbonyl (C=O) groups is 1. The highest BCUT2D eigenvalue weighted by Crippen LogP contribution is 2.29. The van der Waals surface area contributed by atoms with E-state index in [9.17, 15) is 13.6 Å². The number of aromatic nitrogens is 4. The highest BCUT2D eigenvalue weighted by atomic mass is 79.9. The van der Waals surface area contributed by atoms with E-state index in [1.807, 2.05) is 19.1 Å².